The third-order valence-corrected chi connectivity index (χ3v) is 5.77. The predicted molar refractivity (Wildman–Crippen MR) is 130 cm³/mol. The summed E-state index contributed by atoms with van der Waals surface area (Å²) in [5.74, 6) is -1.27. The molecule has 182 valence electrons. The lowest BCUT2D eigenvalue weighted by atomic mass is 9.97. The zero-order valence-electron chi connectivity index (χ0n) is 19.9. The maximum atomic E-state index is 13.2. The second kappa shape index (κ2) is 11.8. The lowest BCUT2D eigenvalue weighted by Gasteiger charge is -2.32. The van der Waals surface area contributed by atoms with E-state index in [-0.39, 0.29) is 24.8 Å². The molecule has 2 aromatic carbocycles. The predicted octanol–water partition coefficient (Wildman–Crippen LogP) is 4.45. The molecule has 1 heterocycles. The summed E-state index contributed by atoms with van der Waals surface area (Å²) >= 11 is 0. The van der Waals surface area contributed by atoms with Gasteiger partial charge in [0.15, 0.2) is 0 Å². The van der Waals surface area contributed by atoms with E-state index in [0.717, 1.165) is 22.3 Å². The molecule has 11 nitrogen and oxygen atoms in total. The van der Waals surface area contributed by atoms with Gasteiger partial charge in [-0.1, -0.05) is 74.4 Å². The summed E-state index contributed by atoms with van der Waals surface area (Å²) in [7, 11) is 0. The average Bonchev–Trinajstić information content (AvgIpc) is 3.38. The minimum Gasteiger partial charge on any atom is -0.480 e. The SMILES string of the molecule is CCC(CC(=O)N(Cc1ccc(-c2ccccc2-c2nn[nH]n2)cc1)[C@H](C(=O)O)C(C)C)N=[N+]=[N-]. The van der Waals surface area contributed by atoms with Gasteiger partial charge >= 0.3 is 5.97 Å². The fourth-order valence-corrected chi connectivity index (χ4v) is 3.97. The number of carboxylic acids is 1. The van der Waals surface area contributed by atoms with Gasteiger partial charge in [0.2, 0.25) is 11.7 Å². The molecule has 1 aromatic heterocycles. The first kappa shape index (κ1) is 25.4. The maximum Gasteiger partial charge on any atom is 0.326 e. The third-order valence-electron chi connectivity index (χ3n) is 5.77. The van der Waals surface area contributed by atoms with Crippen LogP contribution in [0, 0.1) is 5.92 Å². The second-order valence-electron chi connectivity index (χ2n) is 8.50. The highest BCUT2D eigenvalue weighted by atomic mass is 16.4. The summed E-state index contributed by atoms with van der Waals surface area (Å²) in [6, 6.07) is 13.7. The number of aliphatic carboxylic acids is 1. The number of carbonyl (C=O) groups excluding carboxylic acids is 1. The lowest BCUT2D eigenvalue weighted by molar-refractivity contribution is -0.153. The monoisotopic (exact) mass is 476 g/mol. The summed E-state index contributed by atoms with van der Waals surface area (Å²) in [4.78, 5) is 29.4. The Morgan fingerprint density at radius 1 is 1.14 bits per heavy atom. The van der Waals surface area contributed by atoms with Crippen molar-refractivity contribution < 1.29 is 14.7 Å². The number of hydrogen-bond acceptors (Lipinski definition) is 6. The van der Waals surface area contributed by atoms with Crippen LogP contribution in [0.2, 0.25) is 0 Å². The Morgan fingerprint density at radius 2 is 1.83 bits per heavy atom. The number of nitrogens with zero attached hydrogens (tertiary/aromatic N) is 7. The molecule has 1 unspecified atom stereocenters. The number of carbonyl (C=O) groups is 2. The molecule has 0 saturated carbocycles. The van der Waals surface area contributed by atoms with E-state index in [1.165, 1.54) is 4.90 Å². The van der Waals surface area contributed by atoms with E-state index in [0.29, 0.717) is 12.2 Å². The first-order valence-corrected chi connectivity index (χ1v) is 11.3. The fourth-order valence-electron chi connectivity index (χ4n) is 3.97. The van der Waals surface area contributed by atoms with Crippen LogP contribution in [-0.2, 0) is 16.1 Å². The van der Waals surface area contributed by atoms with E-state index >= 15 is 0 Å². The molecule has 2 atom stereocenters. The van der Waals surface area contributed by atoms with Crippen LogP contribution in [0.15, 0.2) is 53.6 Å². The molecule has 0 fully saturated rings. The van der Waals surface area contributed by atoms with Crippen molar-refractivity contribution in [3.8, 4) is 22.5 Å². The molecule has 0 aliphatic heterocycles. The van der Waals surface area contributed by atoms with Gasteiger partial charge < -0.3 is 10.0 Å². The number of azide groups is 1. The standard InChI is InChI=1S/C24H28N8O3/c1-4-18(26-29-25)13-21(33)32(22(15(2)3)24(34)35)14-16-9-11-17(12-10-16)19-7-5-6-8-20(19)23-27-30-31-28-23/h5-12,15,18,22H,4,13-14H2,1-3H3,(H,34,35)(H,27,28,30,31)/t18?,22-/m0/s1. The number of amides is 1. The van der Waals surface area contributed by atoms with E-state index < -0.39 is 18.1 Å². The Kier molecular flexibility index (Phi) is 8.53. The Morgan fingerprint density at radius 3 is 2.37 bits per heavy atom. The molecule has 35 heavy (non-hydrogen) atoms. The average molecular weight is 477 g/mol. The summed E-state index contributed by atoms with van der Waals surface area (Å²) in [6.07, 6.45) is 0.435. The third kappa shape index (κ3) is 6.21. The van der Waals surface area contributed by atoms with Crippen molar-refractivity contribution in [2.24, 2.45) is 11.0 Å². The molecule has 3 aromatic rings. The van der Waals surface area contributed by atoms with E-state index in [4.69, 9.17) is 5.53 Å². The summed E-state index contributed by atoms with van der Waals surface area (Å²) < 4.78 is 0. The lowest BCUT2D eigenvalue weighted by Crippen LogP contribution is -2.48. The van der Waals surface area contributed by atoms with Gasteiger partial charge in [-0.3, -0.25) is 4.79 Å². The number of rotatable bonds is 11. The Hall–Kier alpha value is -4.24. The van der Waals surface area contributed by atoms with E-state index in [2.05, 4.69) is 30.7 Å². The molecule has 0 bridgehead atoms. The molecular weight excluding hydrogens is 448 g/mol. The van der Waals surface area contributed by atoms with Crippen LogP contribution in [0.4, 0.5) is 0 Å². The number of carboxylic acid groups (broad SMARTS) is 1. The highest BCUT2D eigenvalue weighted by molar-refractivity contribution is 5.84. The van der Waals surface area contributed by atoms with Crippen LogP contribution in [0.1, 0.15) is 39.2 Å². The van der Waals surface area contributed by atoms with Crippen LogP contribution in [0.25, 0.3) is 33.0 Å². The van der Waals surface area contributed by atoms with Gasteiger partial charge in [0.1, 0.15) is 6.04 Å². The van der Waals surface area contributed by atoms with Gasteiger partial charge in [0.05, 0.1) is 0 Å². The van der Waals surface area contributed by atoms with Gasteiger partial charge in [-0.15, -0.1) is 10.2 Å². The number of nitrogens with one attached hydrogen (secondary N) is 1. The van der Waals surface area contributed by atoms with Crippen molar-refractivity contribution in [2.75, 3.05) is 0 Å². The van der Waals surface area contributed by atoms with Gasteiger partial charge in [0.25, 0.3) is 0 Å². The molecule has 2 N–H and O–H groups in total. The second-order valence-corrected chi connectivity index (χ2v) is 8.50. The number of aromatic nitrogens is 4. The molecule has 11 heteroatoms. The smallest absolute Gasteiger partial charge is 0.326 e. The van der Waals surface area contributed by atoms with E-state index in [1.807, 2.05) is 55.5 Å². The van der Waals surface area contributed by atoms with Crippen molar-refractivity contribution in [3.05, 3.63) is 64.5 Å². The highest BCUT2D eigenvalue weighted by Gasteiger charge is 2.33. The largest absolute Gasteiger partial charge is 0.480 e. The molecule has 3 rings (SSSR count). The van der Waals surface area contributed by atoms with E-state index in [9.17, 15) is 14.7 Å². The Labute approximate surface area is 202 Å². The first-order valence-electron chi connectivity index (χ1n) is 11.3. The zero-order valence-corrected chi connectivity index (χ0v) is 19.9. The fraction of sp³-hybridized carbons (Fsp3) is 0.375. The van der Waals surface area contributed by atoms with Crippen LogP contribution < -0.4 is 0 Å². The Balaban J connectivity index is 1.89. The number of aromatic amines is 1. The number of tetrazole rings is 1. The minimum absolute atomic E-state index is 0.0484. The van der Waals surface area contributed by atoms with Crippen LogP contribution in [0.3, 0.4) is 0 Å². The van der Waals surface area contributed by atoms with Gasteiger partial charge in [-0.05, 0) is 39.8 Å². The molecule has 1 amide bonds. The van der Waals surface area contributed by atoms with Gasteiger partial charge in [0, 0.05) is 29.5 Å². The topological polar surface area (TPSA) is 161 Å². The summed E-state index contributed by atoms with van der Waals surface area (Å²) in [6.45, 7) is 5.47. The van der Waals surface area contributed by atoms with Crippen molar-refractivity contribution in [1.29, 1.82) is 0 Å². The van der Waals surface area contributed by atoms with Crippen molar-refractivity contribution >= 4 is 11.9 Å². The molecule has 0 radical (unpaired) electrons. The molecule has 0 aliphatic carbocycles. The number of hydrogen-bond donors (Lipinski definition) is 2. The molecule has 0 saturated heterocycles. The number of benzene rings is 2. The van der Waals surface area contributed by atoms with Gasteiger partial charge in [-0.2, -0.15) is 5.21 Å². The van der Waals surface area contributed by atoms with Crippen molar-refractivity contribution in [1.82, 2.24) is 25.5 Å². The molecular formula is C24H28N8O3. The highest BCUT2D eigenvalue weighted by Crippen LogP contribution is 2.30. The van der Waals surface area contributed by atoms with Gasteiger partial charge in [-0.25, -0.2) is 4.79 Å². The zero-order chi connectivity index (χ0) is 25.4. The molecule has 0 spiro atoms. The van der Waals surface area contributed by atoms with E-state index in [1.54, 1.807) is 13.8 Å². The van der Waals surface area contributed by atoms with Crippen LogP contribution in [0.5, 0.6) is 0 Å². The summed E-state index contributed by atoms with van der Waals surface area (Å²) in [5.41, 5.74) is 12.2. The normalized spacial score (nSPS) is 12.6. The van der Waals surface area contributed by atoms with Crippen molar-refractivity contribution in [3.63, 3.8) is 0 Å². The van der Waals surface area contributed by atoms with Crippen LogP contribution in [-0.4, -0.2) is 54.6 Å². The maximum absolute atomic E-state index is 13.2. The summed E-state index contributed by atoms with van der Waals surface area (Å²) in [5, 5.41) is 27.7. The molecule has 0 aliphatic rings. The quantitative estimate of drug-likeness (QED) is 0.236. The van der Waals surface area contributed by atoms with Crippen LogP contribution >= 0.6 is 0 Å². The number of H-pyrrole nitrogens is 1. The minimum atomic E-state index is -1.07. The van der Waals surface area contributed by atoms with Crippen molar-refractivity contribution in [2.45, 2.75) is 52.2 Å². The Bertz CT molecular complexity index is 1190. The first-order chi connectivity index (χ1) is 16.8.